The Morgan fingerprint density at radius 1 is 1.06 bits per heavy atom. The van der Waals surface area contributed by atoms with Crippen molar-refractivity contribution in [3.8, 4) is 0 Å². The normalized spacial score (nSPS) is 10.0. The van der Waals surface area contributed by atoms with Gasteiger partial charge in [-0.1, -0.05) is 17.7 Å². The Labute approximate surface area is 102 Å². The monoisotopic (exact) mass is 227 g/mol. The van der Waals surface area contributed by atoms with E-state index in [-0.39, 0.29) is 0 Å². The summed E-state index contributed by atoms with van der Waals surface area (Å²) < 4.78 is 0. The zero-order valence-electron chi connectivity index (χ0n) is 10.2. The van der Waals surface area contributed by atoms with Crippen molar-refractivity contribution in [1.29, 1.82) is 0 Å². The van der Waals surface area contributed by atoms with Crippen LogP contribution in [0.5, 0.6) is 0 Å². The molecule has 3 nitrogen and oxygen atoms in total. The van der Waals surface area contributed by atoms with Crippen LogP contribution >= 0.6 is 0 Å². The average molecular weight is 227 g/mol. The first-order valence-corrected chi connectivity index (χ1v) is 5.81. The predicted octanol–water partition coefficient (Wildman–Crippen LogP) is 3.57. The molecule has 0 spiro atoms. The first-order chi connectivity index (χ1) is 8.28. The highest BCUT2D eigenvalue weighted by atomic mass is 15.0. The third-order valence-electron chi connectivity index (χ3n) is 2.46. The summed E-state index contributed by atoms with van der Waals surface area (Å²) in [5.74, 6) is 0.893. The summed E-state index contributed by atoms with van der Waals surface area (Å²) in [4.78, 5) is 4.23. The van der Waals surface area contributed by atoms with Crippen LogP contribution in [0.3, 0.4) is 0 Å². The number of hydrogen-bond donors (Lipinski definition) is 2. The highest BCUT2D eigenvalue weighted by molar-refractivity contribution is 5.62. The number of nitrogens with zero attached hydrogens (tertiary/aromatic N) is 1. The number of aromatic nitrogens is 1. The first kappa shape index (κ1) is 11.5. The van der Waals surface area contributed by atoms with Crippen molar-refractivity contribution in [2.45, 2.75) is 13.8 Å². The van der Waals surface area contributed by atoms with Crippen LogP contribution in [-0.4, -0.2) is 11.5 Å². The molecule has 3 heteroatoms. The van der Waals surface area contributed by atoms with E-state index in [4.69, 9.17) is 0 Å². The van der Waals surface area contributed by atoms with Gasteiger partial charge < -0.3 is 10.6 Å². The Hall–Kier alpha value is -2.03. The Kier molecular flexibility index (Phi) is 3.60. The fourth-order valence-electron chi connectivity index (χ4n) is 1.59. The summed E-state index contributed by atoms with van der Waals surface area (Å²) in [6, 6.07) is 12.3. The topological polar surface area (TPSA) is 37.0 Å². The van der Waals surface area contributed by atoms with Gasteiger partial charge in [0, 0.05) is 30.2 Å². The van der Waals surface area contributed by atoms with Crippen molar-refractivity contribution < 1.29 is 0 Å². The number of pyridine rings is 1. The largest absolute Gasteiger partial charge is 0.370 e. The van der Waals surface area contributed by atoms with Gasteiger partial charge in [0.15, 0.2) is 0 Å². The molecule has 0 atom stereocenters. The van der Waals surface area contributed by atoms with Crippen molar-refractivity contribution in [2.75, 3.05) is 17.2 Å². The molecule has 1 aromatic carbocycles. The van der Waals surface area contributed by atoms with Gasteiger partial charge in [0.2, 0.25) is 0 Å². The van der Waals surface area contributed by atoms with Crippen molar-refractivity contribution in [2.24, 2.45) is 0 Å². The number of anilines is 3. The summed E-state index contributed by atoms with van der Waals surface area (Å²) >= 11 is 0. The maximum atomic E-state index is 4.23. The molecule has 1 heterocycles. The fraction of sp³-hybridized carbons (Fsp3) is 0.214. The number of hydrogen-bond acceptors (Lipinski definition) is 3. The van der Waals surface area contributed by atoms with E-state index in [1.54, 1.807) is 6.20 Å². The first-order valence-electron chi connectivity index (χ1n) is 5.81. The molecule has 2 aromatic rings. The minimum Gasteiger partial charge on any atom is -0.370 e. The van der Waals surface area contributed by atoms with Crippen molar-refractivity contribution >= 4 is 17.2 Å². The molecule has 0 fully saturated rings. The van der Waals surface area contributed by atoms with Crippen LogP contribution in [-0.2, 0) is 0 Å². The molecule has 2 N–H and O–H groups in total. The third-order valence-corrected chi connectivity index (χ3v) is 2.46. The second-order valence-corrected chi connectivity index (χ2v) is 3.95. The van der Waals surface area contributed by atoms with Gasteiger partial charge in [-0.15, -0.1) is 0 Å². The van der Waals surface area contributed by atoms with Crippen LogP contribution in [0.1, 0.15) is 12.5 Å². The van der Waals surface area contributed by atoms with Crippen molar-refractivity contribution in [3.05, 3.63) is 48.2 Å². The zero-order chi connectivity index (χ0) is 12.1. The van der Waals surface area contributed by atoms with Crippen LogP contribution in [0.2, 0.25) is 0 Å². The average Bonchev–Trinajstić information content (AvgIpc) is 2.33. The molecular formula is C14H17N3. The van der Waals surface area contributed by atoms with Gasteiger partial charge in [0.1, 0.15) is 5.82 Å². The van der Waals surface area contributed by atoms with Gasteiger partial charge in [-0.05, 0) is 32.0 Å². The summed E-state index contributed by atoms with van der Waals surface area (Å²) in [7, 11) is 0. The molecule has 0 aliphatic heterocycles. The Bertz CT molecular complexity index is 477. The van der Waals surface area contributed by atoms with Gasteiger partial charge in [-0.25, -0.2) is 4.98 Å². The molecule has 1 aromatic heterocycles. The van der Waals surface area contributed by atoms with Crippen molar-refractivity contribution in [3.63, 3.8) is 0 Å². The zero-order valence-corrected chi connectivity index (χ0v) is 10.2. The Morgan fingerprint density at radius 3 is 2.53 bits per heavy atom. The predicted molar refractivity (Wildman–Crippen MR) is 72.9 cm³/mol. The lowest BCUT2D eigenvalue weighted by molar-refractivity contribution is 1.16. The quantitative estimate of drug-likeness (QED) is 0.838. The molecule has 2 rings (SSSR count). The van der Waals surface area contributed by atoms with E-state index in [9.17, 15) is 0 Å². The molecular weight excluding hydrogens is 210 g/mol. The molecule has 0 saturated heterocycles. The van der Waals surface area contributed by atoms with Crippen LogP contribution in [0.15, 0.2) is 42.6 Å². The lowest BCUT2D eigenvalue weighted by atomic mass is 10.2. The van der Waals surface area contributed by atoms with Gasteiger partial charge >= 0.3 is 0 Å². The van der Waals surface area contributed by atoms with Gasteiger partial charge in [-0.2, -0.15) is 0 Å². The standard InChI is InChI=1S/C14H17N3/c1-3-15-14-10-13(8-9-16-14)17-12-6-4-11(2)5-7-12/h4-10H,3H2,1-2H3,(H2,15,16,17). The molecule has 88 valence electrons. The summed E-state index contributed by atoms with van der Waals surface area (Å²) in [5.41, 5.74) is 3.39. The number of nitrogens with one attached hydrogen (secondary N) is 2. The molecule has 0 aliphatic carbocycles. The molecule has 0 aliphatic rings. The molecule has 0 radical (unpaired) electrons. The summed E-state index contributed by atoms with van der Waals surface area (Å²) in [6.07, 6.45) is 1.80. The van der Waals surface area contributed by atoms with E-state index in [1.807, 2.05) is 12.1 Å². The minimum atomic E-state index is 0.876. The van der Waals surface area contributed by atoms with E-state index >= 15 is 0 Å². The number of benzene rings is 1. The van der Waals surface area contributed by atoms with E-state index in [0.717, 1.165) is 23.7 Å². The lowest BCUT2D eigenvalue weighted by Gasteiger charge is -2.08. The fourth-order valence-corrected chi connectivity index (χ4v) is 1.59. The van der Waals surface area contributed by atoms with Crippen LogP contribution in [0, 0.1) is 6.92 Å². The summed E-state index contributed by atoms with van der Waals surface area (Å²) in [5, 5.41) is 6.54. The second kappa shape index (κ2) is 5.34. The molecule has 0 bridgehead atoms. The molecule has 0 amide bonds. The second-order valence-electron chi connectivity index (χ2n) is 3.95. The maximum Gasteiger partial charge on any atom is 0.127 e. The van der Waals surface area contributed by atoms with Crippen LogP contribution in [0.25, 0.3) is 0 Å². The van der Waals surface area contributed by atoms with Gasteiger partial charge in [0.05, 0.1) is 0 Å². The van der Waals surface area contributed by atoms with E-state index in [0.29, 0.717) is 0 Å². The smallest absolute Gasteiger partial charge is 0.127 e. The SMILES string of the molecule is CCNc1cc(Nc2ccc(C)cc2)ccn1. The lowest BCUT2D eigenvalue weighted by Crippen LogP contribution is -1.99. The number of rotatable bonds is 4. The van der Waals surface area contributed by atoms with E-state index in [2.05, 4.69) is 53.7 Å². The van der Waals surface area contributed by atoms with Crippen molar-refractivity contribution in [1.82, 2.24) is 4.98 Å². The Morgan fingerprint density at radius 2 is 1.82 bits per heavy atom. The minimum absolute atomic E-state index is 0.876. The Balaban J connectivity index is 2.12. The van der Waals surface area contributed by atoms with Crippen LogP contribution in [0.4, 0.5) is 17.2 Å². The molecule has 0 unspecified atom stereocenters. The van der Waals surface area contributed by atoms with Crippen LogP contribution < -0.4 is 10.6 Å². The van der Waals surface area contributed by atoms with E-state index in [1.165, 1.54) is 5.56 Å². The summed E-state index contributed by atoms with van der Waals surface area (Å²) in [6.45, 7) is 5.02. The highest BCUT2D eigenvalue weighted by Gasteiger charge is 1.97. The molecule has 17 heavy (non-hydrogen) atoms. The molecule has 0 saturated carbocycles. The van der Waals surface area contributed by atoms with Gasteiger partial charge in [-0.3, -0.25) is 0 Å². The van der Waals surface area contributed by atoms with Gasteiger partial charge in [0.25, 0.3) is 0 Å². The maximum absolute atomic E-state index is 4.23. The highest BCUT2D eigenvalue weighted by Crippen LogP contribution is 2.18. The number of aryl methyl sites for hydroxylation is 1. The van der Waals surface area contributed by atoms with E-state index < -0.39 is 0 Å². The third kappa shape index (κ3) is 3.21.